The number of rotatable bonds is 3. The summed E-state index contributed by atoms with van der Waals surface area (Å²) in [5.41, 5.74) is 0. The predicted octanol–water partition coefficient (Wildman–Crippen LogP) is 1.94. The van der Waals surface area contributed by atoms with E-state index in [1.54, 1.807) is 0 Å². The predicted molar refractivity (Wildman–Crippen MR) is 84.4 cm³/mol. The lowest BCUT2D eigenvalue weighted by Crippen LogP contribution is -2.50. The van der Waals surface area contributed by atoms with Crippen molar-refractivity contribution in [2.75, 3.05) is 26.2 Å². The minimum atomic E-state index is -0.449. The van der Waals surface area contributed by atoms with Crippen LogP contribution in [0.1, 0.15) is 26.2 Å². The first-order valence-corrected chi connectivity index (χ1v) is 8.05. The van der Waals surface area contributed by atoms with Gasteiger partial charge in [0.05, 0.1) is 0 Å². The molecule has 6 heteroatoms. The van der Waals surface area contributed by atoms with Crippen LogP contribution in [0.5, 0.6) is 0 Å². The summed E-state index contributed by atoms with van der Waals surface area (Å²) in [5, 5.41) is 0.0268. The highest BCUT2D eigenvalue weighted by Gasteiger charge is 2.41. The molecule has 0 radical (unpaired) electrons. The minimum absolute atomic E-state index is 0.0268. The van der Waals surface area contributed by atoms with Crippen LogP contribution in [0, 0.1) is 5.92 Å². The maximum Gasteiger partial charge on any atom is 0.410 e. The smallest absolute Gasteiger partial charge is 0.410 e. The van der Waals surface area contributed by atoms with Gasteiger partial charge in [-0.2, -0.15) is 12.6 Å². The van der Waals surface area contributed by atoms with Crippen molar-refractivity contribution in [1.29, 1.82) is 0 Å². The van der Waals surface area contributed by atoms with Gasteiger partial charge in [-0.25, -0.2) is 4.79 Å². The van der Waals surface area contributed by atoms with Gasteiger partial charge in [-0.05, 0) is 25.2 Å². The standard InChI is InChI=1S/C15H24N2O3S/c1-3-8-20-15(19)17-10-12(21)9-13(17)14(18)16-6-4-11(2)5-7-16/h3,11-13,21H,1,4-10H2,2H3/t12-,13-/m0/s1. The average molecular weight is 312 g/mol. The number of carbonyl (C=O) groups is 2. The Balaban J connectivity index is 2.00. The third kappa shape index (κ3) is 3.93. The van der Waals surface area contributed by atoms with Crippen LogP contribution in [-0.4, -0.2) is 59.3 Å². The van der Waals surface area contributed by atoms with Crippen LogP contribution >= 0.6 is 12.6 Å². The average Bonchev–Trinajstić information content (AvgIpc) is 2.87. The Morgan fingerprint density at radius 1 is 1.38 bits per heavy atom. The molecular formula is C15H24N2O3S. The summed E-state index contributed by atoms with van der Waals surface area (Å²) >= 11 is 4.43. The number of likely N-dealkylation sites (tertiary alicyclic amines) is 2. The second kappa shape index (κ2) is 7.20. The third-order valence-corrected chi connectivity index (χ3v) is 4.59. The molecule has 0 bridgehead atoms. The number of ether oxygens (including phenoxy) is 1. The van der Waals surface area contributed by atoms with E-state index in [0.717, 1.165) is 25.9 Å². The Hall–Kier alpha value is -1.17. The van der Waals surface area contributed by atoms with Crippen molar-refractivity contribution in [2.24, 2.45) is 5.92 Å². The molecule has 0 N–H and O–H groups in total. The van der Waals surface area contributed by atoms with Gasteiger partial charge in [-0.15, -0.1) is 0 Å². The molecule has 0 aromatic rings. The van der Waals surface area contributed by atoms with Crippen molar-refractivity contribution in [3.63, 3.8) is 0 Å². The summed E-state index contributed by atoms with van der Waals surface area (Å²) in [5.74, 6) is 0.706. The van der Waals surface area contributed by atoms with Crippen LogP contribution in [0.4, 0.5) is 4.79 Å². The molecule has 2 heterocycles. The first-order valence-electron chi connectivity index (χ1n) is 7.54. The summed E-state index contributed by atoms with van der Waals surface area (Å²) in [6, 6.07) is -0.432. The van der Waals surface area contributed by atoms with E-state index in [1.165, 1.54) is 11.0 Å². The Bertz CT molecular complexity index is 408. The number of piperidine rings is 1. The molecule has 0 spiro atoms. The van der Waals surface area contributed by atoms with Crippen molar-refractivity contribution < 1.29 is 14.3 Å². The monoisotopic (exact) mass is 312 g/mol. The van der Waals surface area contributed by atoms with Gasteiger partial charge in [0.2, 0.25) is 5.91 Å². The maximum atomic E-state index is 12.7. The van der Waals surface area contributed by atoms with E-state index < -0.39 is 12.1 Å². The molecule has 2 aliphatic heterocycles. The van der Waals surface area contributed by atoms with Crippen LogP contribution in [-0.2, 0) is 9.53 Å². The van der Waals surface area contributed by atoms with Crippen LogP contribution in [0.25, 0.3) is 0 Å². The molecule has 0 unspecified atom stereocenters. The third-order valence-electron chi connectivity index (χ3n) is 4.22. The highest BCUT2D eigenvalue weighted by Crippen LogP contribution is 2.26. The van der Waals surface area contributed by atoms with Crippen molar-refractivity contribution >= 4 is 24.6 Å². The fraction of sp³-hybridized carbons (Fsp3) is 0.733. The molecule has 0 saturated carbocycles. The van der Waals surface area contributed by atoms with E-state index in [0.29, 0.717) is 18.9 Å². The number of amides is 2. The lowest BCUT2D eigenvalue weighted by atomic mass is 9.98. The summed E-state index contributed by atoms with van der Waals surface area (Å²) in [6.45, 7) is 7.91. The van der Waals surface area contributed by atoms with E-state index in [2.05, 4.69) is 26.1 Å². The largest absolute Gasteiger partial charge is 0.445 e. The van der Waals surface area contributed by atoms with Crippen LogP contribution in [0.3, 0.4) is 0 Å². The molecule has 5 nitrogen and oxygen atoms in total. The van der Waals surface area contributed by atoms with Gasteiger partial charge in [0.25, 0.3) is 0 Å². The number of nitrogens with zero attached hydrogens (tertiary/aromatic N) is 2. The first kappa shape index (κ1) is 16.2. The molecule has 0 aromatic heterocycles. The fourth-order valence-electron chi connectivity index (χ4n) is 2.90. The number of hydrogen-bond donors (Lipinski definition) is 1. The van der Waals surface area contributed by atoms with Crippen molar-refractivity contribution in [3.05, 3.63) is 12.7 Å². The van der Waals surface area contributed by atoms with E-state index in [9.17, 15) is 9.59 Å². The van der Waals surface area contributed by atoms with Crippen molar-refractivity contribution in [1.82, 2.24) is 9.80 Å². The second-order valence-corrected chi connectivity index (χ2v) is 6.66. The summed E-state index contributed by atoms with van der Waals surface area (Å²) in [7, 11) is 0. The molecular weight excluding hydrogens is 288 g/mol. The molecule has 118 valence electrons. The molecule has 2 rings (SSSR count). The summed E-state index contributed by atoms with van der Waals surface area (Å²) in [4.78, 5) is 28.1. The van der Waals surface area contributed by atoms with Crippen molar-refractivity contribution in [3.8, 4) is 0 Å². The normalized spacial score (nSPS) is 26.8. The van der Waals surface area contributed by atoms with Gasteiger partial charge in [0.1, 0.15) is 12.6 Å². The van der Waals surface area contributed by atoms with Gasteiger partial charge < -0.3 is 9.64 Å². The zero-order chi connectivity index (χ0) is 15.4. The Kier molecular flexibility index (Phi) is 5.56. The molecule has 2 fully saturated rings. The second-order valence-electron chi connectivity index (χ2n) is 5.93. The number of carbonyl (C=O) groups excluding carboxylic acids is 2. The lowest BCUT2D eigenvalue weighted by Gasteiger charge is -2.34. The zero-order valence-electron chi connectivity index (χ0n) is 12.5. The molecule has 2 aliphatic rings. The van der Waals surface area contributed by atoms with E-state index in [1.807, 2.05) is 4.90 Å². The van der Waals surface area contributed by atoms with Crippen LogP contribution in [0.15, 0.2) is 12.7 Å². The molecule has 2 atom stereocenters. The molecule has 2 saturated heterocycles. The van der Waals surface area contributed by atoms with Gasteiger partial charge in [0, 0.05) is 24.9 Å². The van der Waals surface area contributed by atoms with Gasteiger partial charge in [-0.1, -0.05) is 19.6 Å². The summed E-state index contributed by atoms with van der Waals surface area (Å²) in [6.07, 6.45) is 3.73. The van der Waals surface area contributed by atoms with E-state index in [4.69, 9.17) is 4.74 Å². The highest BCUT2D eigenvalue weighted by molar-refractivity contribution is 7.81. The van der Waals surface area contributed by atoms with Crippen molar-refractivity contribution in [2.45, 2.75) is 37.5 Å². The zero-order valence-corrected chi connectivity index (χ0v) is 13.4. The maximum absolute atomic E-state index is 12.7. The Morgan fingerprint density at radius 3 is 2.67 bits per heavy atom. The van der Waals surface area contributed by atoms with Crippen LogP contribution < -0.4 is 0 Å². The number of thiol groups is 1. The van der Waals surface area contributed by atoms with Gasteiger partial charge in [-0.3, -0.25) is 9.69 Å². The Labute approximate surface area is 131 Å². The molecule has 0 aliphatic carbocycles. The van der Waals surface area contributed by atoms with Gasteiger partial charge >= 0.3 is 6.09 Å². The topological polar surface area (TPSA) is 49.9 Å². The molecule has 0 aromatic carbocycles. The van der Waals surface area contributed by atoms with Gasteiger partial charge in [0.15, 0.2) is 0 Å². The summed E-state index contributed by atoms with van der Waals surface area (Å²) < 4.78 is 5.07. The quantitative estimate of drug-likeness (QED) is 0.640. The fourth-order valence-corrected chi connectivity index (χ4v) is 3.28. The SMILES string of the molecule is C=CCOC(=O)N1C[C@@H](S)C[C@H]1C(=O)N1CCC(C)CC1. The minimum Gasteiger partial charge on any atom is -0.445 e. The van der Waals surface area contributed by atoms with Crippen LogP contribution in [0.2, 0.25) is 0 Å². The lowest BCUT2D eigenvalue weighted by molar-refractivity contribution is -0.136. The highest BCUT2D eigenvalue weighted by atomic mass is 32.1. The van der Waals surface area contributed by atoms with E-state index in [-0.39, 0.29) is 17.8 Å². The molecule has 21 heavy (non-hydrogen) atoms. The number of hydrogen-bond acceptors (Lipinski definition) is 4. The molecule has 2 amide bonds. The Morgan fingerprint density at radius 2 is 2.05 bits per heavy atom. The van der Waals surface area contributed by atoms with E-state index >= 15 is 0 Å². The first-order chi connectivity index (χ1) is 10.0.